The third-order valence-electron chi connectivity index (χ3n) is 7.84. The second-order valence-corrected chi connectivity index (χ2v) is 10.1. The van der Waals surface area contributed by atoms with Gasteiger partial charge in [-0.3, -0.25) is 24.1 Å². The third kappa shape index (κ3) is 5.49. The minimum Gasteiger partial charge on any atom is -0.352 e. The van der Waals surface area contributed by atoms with E-state index in [4.69, 9.17) is 0 Å². The number of rotatable bonds is 9. The van der Waals surface area contributed by atoms with E-state index in [1.807, 2.05) is 50.3 Å². The molecule has 1 aromatic carbocycles. The van der Waals surface area contributed by atoms with Gasteiger partial charge in [0, 0.05) is 25.6 Å². The lowest BCUT2D eigenvalue weighted by Gasteiger charge is -2.32. The molecule has 188 valence electrons. The van der Waals surface area contributed by atoms with Gasteiger partial charge in [0.2, 0.25) is 23.6 Å². The molecule has 4 amide bonds. The lowest BCUT2D eigenvalue weighted by Crippen LogP contribution is -2.51. The van der Waals surface area contributed by atoms with Crippen molar-refractivity contribution in [2.45, 2.75) is 83.8 Å². The van der Waals surface area contributed by atoms with Gasteiger partial charge >= 0.3 is 0 Å². The number of allylic oxidation sites excluding steroid dienone is 2. The largest absolute Gasteiger partial charge is 0.352 e. The predicted molar refractivity (Wildman–Crippen MR) is 133 cm³/mol. The number of benzene rings is 1. The first-order valence-corrected chi connectivity index (χ1v) is 13.0. The van der Waals surface area contributed by atoms with Crippen LogP contribution in [-0.4, -0.2) is 52.1 Å². The fourth-order valence-electron chi connectivity index (χ4n) is 5.70. The number of fused-ring (bicyclic) bond motifs is 1. The SMILES string of the molecule is CC[C@H](C(=O)NC1CCCC1)N(Cc1ccccc1C)C(=O)CCN1C(=O)[C@H]2CC=CC[C@H]2C1=O. The van der Waals surface area contributed by atoms with Crippen LogP contribution in [0.3, 0.4) is 0 Å². The van der Waals surface area contributed by atoms with Crippen molar-refractivity contribution in [3.63, 3.8) is 0 Å². The highest BCUT2D eigenvalue weighted by Crippen LogP contribution is 2.35. The Morgan fingerprint density at radius 1 is 1.06 bits per heavy atom. The first-order chi connectivity index (χ1) is 16.9. The maximum Gasteiger partial charge on any atom is 0.243 e. The summed E-state index contributed by atoms with van der Waals surface area (Å²) in [6, 6.07) is 7.43. The summed E-state index contributed by atoms with van der Waals surface area (Å²) >= 11 is 0. The predicted octanol–water partition coefficient (Wildman–Crippen LogP) is 3.50. The van der Waals surface area contributed by atoms with Gasteiger partial charge in [-0.1, -0.05) is 56.2 Å². The number of aryl methyl sites for hydroxylation is 1. The summed E-state index contributed by atoms with van der Waals surface area (Å²) < 4.78 is 0. The zero-order chi connectivity index (χ0) is 24.9. The van der Waals surface area contributed by atoms with Crippen LogP contribution < -0.4 is 5.32 Å². The summed E-state index contributed by atoms with van der Waals surface area (Å²) in [5, 5.41) is 3.15. The van der Waals surface area contributed by atoms with Crippen molar-refractivity contribution < 1.29 is 19.2 Å². The molecule has 1 saturated carbocycles. The van der Waals surface area contributed by atoms with Crippen molar-refractivity contribution in [2.75, 3.05) is 6.54 Å². The molecule has 7 nitrogen and oxygen atoms in total. The van der Waals surface area contributed by atoms with Gasteiger partial charge in [0.25, 0.3) is 0 Å². The highest BCUT2D eigenvalue weighted by atomic mass is 16.2. The van der Waals surface area contributed by atoms with Crippen molar-refractivity contribution in [3.05, 3.63) is 47.5 Å². The number of likely N-dealkylation sites (tertiary alicyclic amines) is 1. The Balaban J connectivity index is 1.49. The van der Waals surface area contributed by atoms with E-state index in [1.165, 1.54) is 4.90 Å². The van der Waals surface area contributed by atoms with Gasteiger partial charge in [-0.15, -0.1) is 0 Å². The first-order valence-electron chi connectivity index (χ1n) is 13.0. The van der Waals surface area contributed by atoms with E-state index in [2.05, 4.69) is 5.32 Å². The van der Waals surface area contributed by atoms with Gasteiger partial charge in [0.05, 0.1) is 11.8 Å². The normalized spacial score (nSPS) is 22.9. The van der Waals surface area contributed by atoms with E-state index in [-0.39, 0.29) is 54.5 Å². The fourth-order valence-corrected chi connectivity index (χ4v) is 5.70. The second-order valence-electron chi connectivity index (χ2n) is 10.1. The number of nitrogens with zero attached hydrogens (tertiary/aromatic N) is 2. The van der Waals surface area contributed by atoms with Crippen LogP contribution in [0.1, 0.15) is 69.4 Å². The van der Waals surface area contributed by atoms with Crippen molar-refractivity contribution in [3.8, 4) is 0 Å². The zero-order valence-corrected chi connectivity index (χ0v) is 20.9. The Morgan fingerprint density at radius 2 is 1.69 bits per heavy atom. The molecule has 0 bridgehead atoms. The van der Waals surface area contributed by atoms with Crippen LogP contribution in [-0.2, 0) is 25.7 Å². The van der Waals surface area contributed by atoms with Crippen LogP contribution in [0.5, 0.6) is 0 Å². The second kappa shape index (κ2) is 11.2. The Labute approximate surface area is 207 Å². The monoisotopic (exact) mass is 479 g/mol. The summed E-state index contributed by atoms with van der Waals surface area (Å²) in [6.07, 6.45) is 9.77. The summed E-state index contributed by atoms with van der Waals surface area (Å²) in [5.41, 5.74) is 2.04. The Bertz CT molecular complexity index is 972. The average Bonchev–Trinajstić information content (AvgIpc) is 3.45. The van der Waals surface area contributed by atoms with E-state index in [0.29, 0.717) is 25.8 Å². The molecule has 1 aliphatic heterocycles. The number of imide groups is 1. The summed E-state index contributed by atoms with van der Waals surface area (Å²) in [4.78, 5) is 55.4. The third-order valence-corrected chi connectivity index (χ3v) is 7.84. The fraction of sp³-hybridized carbons (Fsp3) is 0.571. The zero-order valence-electron chi connectivity index (χ0n) is 20.9. The smallest absolute Gasteiger partial charge is 0.243 e. The number of carbonyl (C=O) groups excluding carboxylic acids is 4. The number of hydrogen-bond donors (Lipinski definition) is 1. The summed E-state index contributed by atoms with van der Waals surface area (Å²) in [5.74, 6) is -1.28. The Morgan fingerprint density at radius 3 is 2.29 bits per heavy atom. The van der Waals surface area contributed by atoms with Gasteiger partial charge in [-0.05, 0) is 50.2 Å². The molecule has 0 aromatic heterocycles. The molecule has 1 heterocycles. The molecule has 0 unspecified atom stereocenters. The molecule has 0 spiro atoms. The van der Waals surface area contributed by atoms with E-state index >= 15 is 0 Å². The van der Waals surface area contributed by atoms with E-state index in [1.54, 1.807) is 4.90 Å². The number of amides is 4. The van der Waals surface area contributed by atoms with Crippen LogP contribution in [0, 0.1) is 18.8 Å². The molecule has 3 aliphatic rings. The van der Waals surface area contributed by atoms with Crippen molar-refractivity contribution in [1.82, 2.24) is 15.1 Å². The lowest BCUT2D eigenvalue weighted by molar-refractivity contribution is -0.144. The molecule has 1 aromatic rings. The van der Waals surface area contributed by atoms with Crippen molar-refractivity contribution in [2.24, 2.45) is 11.8 Å². The maximum absolute atomic E-state index is 13.6. The minimum atomic E-state index is -0.598. The molecule has 0 radical (unpaired) electrons. The average molecular weight is 480 g/mol. The van der Waals surface area contributed by atoms with E-state index in [9.17, 15) is 19.2 Å². The summed E-state index contributed by atoms with van der Waals surface area (Å²) in [7, 11) is 0. The van der Waals surface area contributed by atoms with Gasteiger partial charge in [0.15, 0.2) is 0 Å². The molecule has 35 heavy (non-hydrogen) atoms. The Kier molecular flexibility index (Phi) is 8.04. The highest BCUT2D eigenvalue weighted by molar-refractivity contribution is 6.05. The van der Waals surface area contributed by atoms with Gasteiger partial charge in [-0.25, -0.2) is 0 Å². The van der Waals surface area contributed by atoms with E-state index < -0.39 is 6.04 Å². The van der Waals surface area contributed by atoms with Crippen LogP contribution in [0.15, 0.2) is 36.4 Å². The lowest BCUT2D eigenvalue weighted by atomic mass is 9.85. The molecule has 2 aliphatic carbocycles. The number of carbonyl (C=O) groups is 4. The van der Waals surface area contributed by atoms with Crippen LogP contribution in [0.25, 0.3) is 0 Å². The van der Waals surface area contributed by atoms with Crippen LogP contribution >= 0.6 is 0 Å². The molecule has 2 fully saturated rings. The highest BCUT2D eigenvalue weighted by Gasteiger charge is 2.47. The Hall–Kier alpha value is -2.96. The molecular formula is C28H37N3O4. The van der Waals surface area contributed by atoms with Crippen LogP contribution in [0.4, 0.5) is 0 Å². The first kappa shape index (κ1) is 25.1. The molecule has 7 heteroatoms. The number of nitrogens with one attached hydrogen (secondary N) is 1. The maximum atomic E-state index is 13.6. The molecule has 4 rings (SSSR count). The molecule has 1 N–H and O–H groups in total. The van der Waals surface area contributed by atoms with Gasteiger partial charge in [-0.2, -0.15) is 0 Å². The standard InChI is InChI=1S/C28H37N3O4/c1-3-24(26(33)29-21-12-6-7-13-21)31(18-20-11-5-4-10-19(20)2)25(32)16-17-30-27(34)22-14-8-9-15-23(22)28(30)35/h4-5,8-11,21-24H,3,6-7,12-18H2,1-2H3,(H,29,33)/t22-,23+,24-/m1/s1. The number of hydrogen-bond acceptors (Lipinski definition) is 4. The van der Waals surface area contributed by atoms with Crippen molar-refractivity contribution in [1.29, 1.82) is 0 Å². The molecule has 1 saturated heterocycles. The van der Waals surface area contributed by atoms with Crippen LogP contribution in [0.2, 0.25) is 0 Å². The minimum absolute atomic E-state index is 0.0173. The van der Waals surface area contributed by atoms with Gasteiger partial charge < -0.3 is 10.2 Å². The topological polar surface area (TPSA) is 86.8 Å². The van der Waals surface area contributed by atoms with Gasteiger partial charge in [0.1, 0.15) is 6.04 Å². The molecular weight excluding hydrogens is 442 g/mol. The van der Waals surface area contributed by atoms with E-state index in [0.717, 1.165) is 36.8 Å². The summed E-state index contributed by atoms with van der Waals surface area (Å²) in [6.45, 7) is 4.30. The molecule has 3 atom stereocenters. The quantitative estimate of drug-likeness (QED) is 0.434. The van der Waals surface area contributed by atoms with Crippen molar-refractivity contribution >= 4 is 23.6 Å².